The molecule has 5 rings (SSSR count). The van der Waals surface area contributed by atoms with E-state index in [4.69, 9.17) is 19.6 Å². The number of aliphatic imine (C=N–C) groups is 1. The number of aliphatic hydroxyl groups excluding tert-OH is 1. The van der Waals surface area contributed by atoms with E-state index in [2.05, 4.69) is 21.2 Å². The molecule has 2 N–H and O–H groups in total. The summed E-state index contributed by atoms with van der Waals surface area (Å²) in [6, 6.07) is 24.6. The van der Waals surface area contributed by atoms with E-state index in [1.807, 2.05) is 0 Å². The van der Waals surface area contributed by atoms with Crippen LogP contribution in [0.25, 0.3) is 0 Å². The van der Waals surface area contributed by atoms with Gasteiger partial charge in [0.2, 0.25) is 5.90 Å². The van der Waals surface area contributed by atoms with Gasteiger partial charge in [-0.1, -0.05) is 46.3 Å². The molecule has 0 radical (unpaired) electrons. The number of rotatable bonds is 13. The van der Waals surface area contributed by atoms with Crippen LogP contribution in [0.2, 0.25) is 0 Å². The van der Waals surface area contributed by atoms with Gasteiger partial charge in [-0.05, 0) is 72.3 Å². The van der Waals surface area contributed by atoms with E-state index in [9.17, 15) is 22.0 Å². The molecule has 1 aliphatic rings. The van der Waals surface area contributed by atoms with Crippen molar-refractivity contribution in [3.8, 4) is 5.75 Å². The minimum atomic E-state index is -3.87. The normalized spacial score (nSPS) is 17.7. The number of carbonyl (C=O) groups is 1. The fourth-order valence-corrected chi connectivity index (χ4v) is 6.70. The molecular weight excluding hydrogens is 682 g/mol. The Balaban J connectivity index is 1.55. The van der Waals surface area contributed by atoms with Crippen molar-refractivity contribution in [2.45, 2.75) is 35.9 Å². The number of halogens is 3. The van der Waals surface area contributed by atoms with Gasteiger partial charge in [-0.3, -0.25) is 4.79 Å². The number of sulfone groups is 1. The number of amides is 1. The molecule has 8 nitrogen and oxygen atoms in total. The molecule has 12 heteroatoms. The van der Waals surface area contributed by atoms with Crippen molar-refractivity contribution in [3.63, 3.8) is 0 Å². The second-order valence-corrected chi connectivity index (χ2v) is 13.7. The third-order valence-electron chi connectivity index (χ3n) is 7.50. The van der Waals surface area contributed by atoms with Gasteiger partial charge in [-0.15, -0.1) is 0 Å². The summed E-state index contributed by atoms with van der Waals surface area (Å²) in [6.07, 6.45) is -0.886. The zero-order valence-corrected chi connectivity index (χ0v) is 26.9. The predicted octanol–water partition coefficient (Wildman–Crippen LogP) is 5.93. The lowest BCUT2D eigenvalue weighted by Crippen LogP contribution is -2.49. The van der Waals surface area contributed by atoms with Crippen LogP contribution in [0, 0.1) is 11.6 Å². The molecule has 0 spiro atoms. The van der Waals surface area contributed by atoms with Crippen LogP contribution in [0.1, 0.15) is 35.6 Å². The Morgan fingerprint density at radius 3 is 2.41 bits per heavy atom. The van der Waals surface area contributed by atoms with Crippen LogP contribution in [0.3, 0.4) is 0 Å². The molecule has 46 heavy (non-hydrogen) atoms. The van der Waals surface area contributed by atoms with Crippen molar-refractivity contribution in [1.82, 2.24) is 5.32 Å². The van der Waals surface area contributed by atoms with Gasteiger partial charge < -0.3 is 19.9 Å². The average Bonchev–Trinajstić information content (AvgIpc) is 3.46. The van der Waals surface area contributed by atoms with Gasteiger partial charge in [0.25, 0.3) is 5.91 Å². The summed E-state index contributed by atoms with van der Waals surface area (Å²) in [5.41, 5.74) is -0.838. The number of carbonyl (C=O) groups excluding carboxylic acids is 1. The molecule has 4 aromatic carbocycles. The Morgan fingerprint density at radius 1 is 1.00 bits per heavy atom. The number of ether oxygens (including phenoxy) is 2. The minimum absolute atomic E-state index is 0.00380. The molecular formula is C34H31BrF2N2O6S. The second-order valence-electron chi connectivity index (χ2n) is 10.6. The van der Waals surface area contributed by atoms with E-state index in [0.29, 0.717) is 29.9 Å². The smallest absolute Gasteiger partial charge is 0.252 e. The Labute approximate surface area is 274 Å². The van der Waals surface area contributed by atoms with Gasteiger partial charge >= 0.3 is 0 Å². The fourth-order valence-electron chi connectivity index (χ4n) is 5.05. The van der Waals surface area contributed by atoms with Gasteiger partial charge in [0.15, 0.2) is 21.5 Å². The van der Waals surface area contributed by atoms with E-state index in [1.54, 1.807) is 66.7 Å². The first-order valence-corrected chi connectivity index (χ1v) is 16.9. The average molecular weight is 714 g/mol. The molecule has 0 aromatic heterocycles. The van der Waals surface area contributed by atoms with Crippen molar-refractivity contribution in [2.75, 3.05) is 19.0 Å². The van der Waals surface area contributed by atoms with Crippen LogP contribution < -0.4 is 10.1 Å². The summed E-state index contributed by atoms with van der Waals surface area (Å²) < 4.78 is 68.1. The highest BCUT2D eigenvalue weighted by molar-refractivity contribution is 9.10. The van der Waals surface area contributed by atoms with Crippen LogP contribution in [-0.4, -0.2) is 49.8 Å². The maximum atomic E-state index is 14.5. The number of hydrogen-bond acceptors (Lipinski definition) is 7. The highest BCUT2D eigenvalue weighted by atomic mass is 79.9. The van der Waals surface area contributed by atoms with Gasteiger partial charge in [0.05, 0.1) is 17.3 Å². The highest BCUT2D eigenvalue weighted by Gasteiger charge is 2.53. The predicted molar refractivity (Wildman–Crippen MR) is 172 cm³/mol. The third-order valence-corrected chi connectivity index (χ3v) is 9.76. The molecule has 0 fully saturated rings. The van der Waals surface area contributed by atoms with Crippen LogP contribution in [0.15, 0.2) is 111 Å². The number of aliphatic hydroxyl groups is 1. The second kappa shape index (κ2) is 14.5. The molecule has 1 aliphatic heterocycles. The largest absolute Gasteiger partial charge is 0.494 e. The Bertz CT molecular complexity index is 1810. The summed E-state index contributed by atoms with van der Waals surface area (Å²) in [5.74, 6) is -1.90. The first-order chi connectivity index (χ1) is 22.1. The summed E-state index contributed by atoms with van der Waals surface area (Å²) in [5, 5.41) is 11.7. The Morgan fingerprint density at radius 2 is 1.72 bits per heavy atom. The number of nitrogens with zero attached hydrogens (tertiary/aromatic N) is 1. The quantitative estimate of drug-likeness (QED) is 0.166. The van der Waals surface area contributed by atoms with Crippen molar-refractivity contribution in [3.05, 3.63) is 130 Å². The molecule has 1 heterocycles. The Kier molecular flexibility index (Phi) is 10.5. The number of benzene rings is 4. The molecule has 2 atom stereocenters. The van der Waals surface area contributed by atoms with Gasteiger partial charge in [0.1, 0.15) is 17.4 Å². The lowest BCUT2D eigenvalue weighted by Gasteiger charge is -2.30. The molecule has 4 aromatic rings. The SMILES string of the molecule is O=C(NCc1cc(F)ccc1F)[C@]1(CCS(=O)(=O)c2ccccc2)N=C(c2ccc(OCCCO)cc2)O[C@@H]1c1ccc(Br)cc1. The van der Waals surface area contributed by atoms with Crippen molar-refractivity contribution >= 4 is 37.6 Å². The molecule has 0 saturated carbocycles. The van der Waals surface area contributed by atoms with E-state index < -0.39 is 44.8 Å². The zero-order valence-electron chi connectivity index (χ0n) is 24.5. The number of nitrogens with one attached hydrogen (secondary N) is 1. The van der Waals surface area contributed by atoms with Crippen molar-refractivity contribution in [2.24, 2.45) is 4.99 Å². The zero-order chi connectivity index (χ0) is 32.7. The van der Waals surface area contributed by atoms with Crippen LogP contribution in [0.4, 0.5) is 8.78 Å². The molecule has 240 valence electrons. The first kappa shape index (κ1) is 33.2. The van der Waals surface area contributed by atoms with Crippen LogP contribution >= 0.6 is 15.9 Å². The Hall–Kier alpha value is -4.13. The monoisotopic (exact) mass is 712 g/mol. The third kappa shape index (κ3) is 7.63. The fraction of sp³-hybridized carbons (Fsp3) is 0.235. The summed E-state index contributed by atoms with van der Waals surface area (Å²) in [4.78, 5) is 19.1. The lowest BCUT2D eigenvalue weighted by molar-refractivity contribution is -0.129. The van der Waals surface area contributed by atoms with Crippen molar-refractivity contribution in [1.29, 1.82) is 0 Å². The molecule has 0 saturated heterocycles. The standard InChI is InChI=1S/C34H31BrF2N2O6S/c35-26-11-7-23(8-12-26)31-34(17-20-46(42,43)29-5-2-1-3-6-29,33(41)38-22-25-21-27(36)13-16-30(25)37)39-32(45-31)24-9-14-28(15-10-24)44-19-4-18-40/h1-3,5-16,21,31,40H,4,17-20,22H2,(H,38,41)/t31-,34-/m1/s1. The highest BCUT2D eigenvalue weighted by Crippen LogP contribution is 2.43. The maximum Gasteiger partial charge on any atom is 0.252 e. The first-order valence-electron chi connectivity index (χ1n) is 14.5. The van der Waals surface area contributed by atoms with Crippen LogP contribution in [0.5, 0.6) is 5.75 Å². The molecule has 1 amide bonds. The lowest BCUT2D eigenvalue weighted by atomic mass is 9.85. The van der Waals surface area contributed by atoms with Crippen LogP contribution in [-0.2, 0) is 25.9 Å². The maximum absolute atomic E-state index is 14.5. The topological polar surface area (TPSA) is 114 Å². The van der Waals surface area contributed by atoms with Crippen molar-refractivity contribution < 1.29 is 36.6 Å². The molecule has 0 bridgehead atoms. The number of hydrogen-bond donors (Lipinski definition) is 2. The van der Waals surface area contributed by atoms with E-state index in [1.165, 1.54) is 12.1 Å². The van der Waals surface area contributed by atoms with Gasteiger partial charge in [0, 0.05) is 41.6 Å². The molecule has 0 unspecified atom stereocenters. The summed E-state index contributed by atoms with van der Waals surface area (Å²) in [7, 11) is -3.87. The van der Waals surface area contributed by atoms with E-state index >= 15 is 0 Å². The van der Waals surface area contributed by atoms with Gasteiger partial charge in [-0.2, -0.15) is 0 Å². The minimum Gasteiger partial charge on any atom is -0.494 e. The van der Waals surface area contributed by atoms with Gasteiger partial charge in [-0.25, -0.2) is 22.2 Å². The summed E-state index contributed by atoms with van der Waals surface area (Å²) >= 11 is 3.42. The van der Waals surface area contributed by atoms with E-state index in [0.717, 1.165) is 22.7 Å². The van der Waals surface area contributed by atoms with E-state index in [-0.39, 0.29) is 35.9 Å². The summed E-state index contributed by atoms with van der Waals surface area (Å²) in [6.45, 7) is -0.0480. The molecule has 0 aliphatic carbocycles.